The van der Waals surface area contributed by atoms with Crippen LogP contribution < -0.4 is 4.74 Å². The van der Waals surface area contributed by atoms with Crippen molar-refractivity contribution < 1.29 is 19.1 Å². The Bertz CT molecular complexity index is 757. The molecule has 0 amide bonds. The topological polar surface area (TPSA) is 59.7 Å². The standard InChI is InChI=1S/C18H14O4/c19-18(20)16-10-17(22-12-16)21-11-13-6-8-15(9-7-13)14-4-2-1-3-5-14/h1-10,12H,11H2,(H,19,20). The average molecular weight is 294 g/mol. The summed E-state index contributed by atoms with van der Waals surface area (Å²) < 4.78 is 10.5. The van der Waals surface area contributed by atoms with E-state index in [1.165, 1.54) is 6.07 Å². The number of carboxylic acids is 1. The average Bonchev–Trinajstić information content (AvgIpc) is 3.04. The molecule has 4 heteroatoms. The molecule has 0 radical (unpaired) electrons. The SMILES string of the molecule is O=C(O)c1coc(OCc2ccc(-c3ccccc3)cc2)c1. The molecule has 0 saturated carbocycles. The van der Waals surface area contributed by atoms with Crippen molar-refractivity contribution in [2.75, 3.05) is 0 Å². The fraction of sp³-hybridized carbons (Fsp3) is 0.0556. The van der Waals surface area contributed by atoms with Crippen molar-refractivity contribution in [2.24, 2.45) is 0 Å². The number of carbonyl (C=O) groups is 1. The fourth-order valence-electron chi connectivity index (χ4n) is 2.08. The number of aromatic carboxylic acids is 1. The van der Waals surface area contributed by atoms with Gasteiger partial charge < -0.3 is 14.3 Å². The summed E-state index contributed by atoms with van der Waals surface area (Å²) in [5.41, 5.74) is 3.35. The third-order valence-electron chi connectivity index (χ3n) is 3.26. The van der Waals surface area contributed by atoms with Crippen LogP contribution >= 0.6 is 0 Å². The number of ether oxygens (including phenoxy) is 1. The van der Waals surface area contributed by atoms with E-state index in [-0.39, 0.29) is 11.5 Å². The molecule has 1 heterocycles. The Balaban J connectivity index is 1.65. The van der Waals surface area contributed by atoms with Gasteiger partial charge in [-0.2, -0.15) is 0 Å². The second-order valence-corrected chi connectivity index (χ2v) is 4.81. The summed E-state index contributed by atoms with van der Waals surface area (Å²) in [4.78, 5) is 10.7. The lowest BCUT2D eigenvalue weighted by Crippen LogP contribution is -1.95. The van der Waals surface area contributed by atoms with Gasteiger partial charge in [0.1, 0.15) is 18.4 Å². The van der Waals surface area contributed by atoms with Gasteiger partial charge in [-0.3, -0.25) is 0 Å². The van der Waals surface area contributed by atoms with Crippen molar-refractivity contribution in [1.82, 2.24) is 0 Å². The number of carboxylic acid groups (broad SMARTS) is 1. The zero-order valence-electron chi connectivity index (χ0n) is 11.7. The Morgan fingerprint density at radius 2 is 1.68 bits per heavy atom. The fourth-order valence-corrected chi connectivity index (χ4v) is 2.08. The van der Waals surface area contributed by atoms with E-state index in [1.807, 2.05) is 42.5 Å². The van der Waals surface area contributed by atoms with Gasteiger partial charge >= 0.3 is 5.97 Å². The van der Waals surface area contributed by atoms with Crippen LogP contribution in [0.15, 0.2) is 71.3 Å². The number of rotatable bonds is 5. The lowest BCUT2D eigenvalue weighted by Gasteiger charge is -2.05. The zero-order valence-corrected chi connectivity index (χ0v) is 11.7. The molecule has 0 saturated heterocycles. The molecule has 0 unspecified atom stereocenters. The van der Waals surface area contributed by atoms with Crippen molar-refractivity contribution in [2.45, 2.75) is 6.61 Å². The minimum atomic E-state index is -1.04. The van der Waals surface area contributed by atoms with Gasteiger partial charge in [-0.15, -0.1) is 0 Å². The Morgan fingerprint density at radius 3 is 2.32 bits per heavy atom. The van der Waals surface area contributed by atoms with E-state index in [0.717, 1.165) is 23.0 Å². The van der Waals surface area contributed by atoms with Crippen LogP contribution in [0.4, 0.5) is 0 Å². The summed E-state index contributed by atoms with van der Waals surface area (Å²) in [6.45, 7) is 0.321. The predicted octanol–water partition coefficient (Wildman–Crippen LogP) is 4.22. The first-order valence-corrected chi connectivity index (χ1v) is 6.81. The molecule has 3 rings (SSSR count). The zero-order chi connectivity index (χ0) is 15.4. The van der Waals surface area contributed by atoms with E-state index >= 15 is 0 Å². The monoisotopic (exact) mass is 294 g/mol. The van der Waals surface area contributed by atoms with Gasteiger partial charge in [0, 0.05) is 6.07 Å². The van der Waals surface area contributed by atoms with E-state index in [4.69, 9.17) is 14.3 Å². The maximum atomic E-state index is 10.7. The summed E-state index contributed by atoms with van der Waals surface area (Å²) in [5.74, 6) is -0.838. The molecule has 0 aliphatic heterocycles. The van der Waals surface area contributed by atoms with E-state index < -0.39 is 5.97 Å². The van der Waals surface area contributed by atoms with Crippen LogP contribution in [0.25, 0.3) is 11.1 Å². The van der Waals surface area contributed by atoms with Crippen LogP contribution in [0.2, 0.25) is 0 Å². The van der Waals surface area contributed by atoms with Crippen LogP contribution in [0.5, 0.6) is 5.95 Å². The van der Waals surface area contributed by atoms with Crippen LogP contribution in [-0.2, 0) is 6.61 Å². The van der Waals surface area contributed by atoms with Gasteiger partial charge in [0.05, 0.1) is 0 Å². The van der Waals surface area contributed by atoms with Crippen molar-refractivity contribution in [1.29, 1.82) is 0 Å². The Kier molecular flexibility index (Phi) is 3.92. The predicted molar refractivity (Wildman–Crippen MR) is 81.9 cm³/mol. The van der Waals surface area contributed by atoms with Crippen LogP contribution in [0.3, 0.4) is 0 Å². The molecule has 0 atom stereocenters. The maximum absolute atomic E-state index is 10.7. The first-order chi connectivity index (χ1) is 10.7. The molecule has 4 nitrogen and oxygen atoms in total. The molecule has 0 bridgehead atoms. The minimum absolute atomic E-state index is 0.0782. The number of benzene rings is 2. The molecule has 3 aromatic rings. The molecular formula is C18H14O4. The highest BCUT2D eigenvalue weighted by molar-refractivity contribution is 5.87. The highest BCUT2D eigenvalue weighted by Gasteiger charge is 2.09. The third kappa shape index (κ3) is 3.17. The van der Waals surface area contributed by atoms with Crippen LogP contribution in [0.1, 0.15) is 15.9 Å². The number of hydrogen-bond acceptors (Lipinski definition) is 3. The maximum Gasteiger partial charge on any atom is 0.339 e. The minimum Gasteiger partial charge on any atom is -0.478 e. The van der Waals surface area contributed by atoms with E-state index in [2.05, 4.69) is 12.1 Å². The first-order valence-electron chi connectivity index (χ1n) is 6.81. The van der Waals surface area contributed by atoms with Gasteiger partial charge in [0.15, 0.2) is 0 Å². The first kappa shape index (κ1) is 13.9. The van der Waals surface area contributed by atoms with E-state index in [1.54, 1.807) is 0 Å². The molecule has 1 aromatic heterocycles. The van der Waals surface area contributed by atoms with Gasteiger partial charge in [0.25, 0.3) is 5.95 Å². The summed E-state index contributed by atoms with van der Waals surface area (Å²) in [5, 5.41) is 8.81. The smallest absolute Gasteiger partial charge is 0.339 e. The van der Waals surface area contributed by atoms with Crippen molar-refractivity contribution in [3.05, 3.63) is 78.1 Å². The highest BCUT2D eigenvalue weighted by Crippen LogP contribution is 2.21. The van der Waals surface area contributed by atoms with Crippen LogP contribution in [0, 0.1) is 0 Å². The number of hydrogen-bond donors (Lipinski definition) is 1. The van der Waals surface area contributed by atoms with Gasteiger partial charge in [-0.05, 0) is 16.7 Å². The van der Waals surface area contributed by atoms with Crippen LogP contribution in [-0.4, -0.2) is 11.1 Å². The molecule has 0 aliphatic rings. The van der Waals surface area contributed by atoms with Gasteiger partial charge in [-0.1, -0.05) is 54.6 Å². The Labute approximate surface area is 127 Å². The second-order valence-electron chi connectivity index (χ2n) is 4.81. The molecule has 0 fully saturated rings. The van der Waals surface area contributed by atoms with Crippen molar-refractivity contribution in [3.63, 3.8) is 0 Å². The molecule has 0 aliphatic carbocycles. The summed E-state index contributed by atoms with van der Waals surface area (Å²) in [7, 11) is 0. The largest absolute Gasteiger partial charge is 0.478 e. The molecule has 110 valence electrons. The molecule has 2 aromatic carbocycles. The Hall–Kier alpha value is -3.01. The van der Waals surface area contributed by atoms with Gasteiger partial charge in [-0.25, -0.2) is 4.79 Å². The normalized spacial score (nSPS) is 10.4. The van der Waals surface area contributed by atoms with E-state index in [0.29, 0.717) is 6.61 Å². The summed E-state index contributed by atoms with van der Waals surface area (Å²) >= 11 is 0. The van der Waals surface area contributed by atoms with E-state index in [9.17, 15) is 4.79 Å². The molecule has 22 heavy (non-hydrogen) atoms. The summed E-state index contributed by atoms with van der Waals surface area (Å²) in [6, 6.07) is 19.5. The summed E-state index contributed by atoms with van der Waals surface area (Å²) in [6.07, 6.45) is 1.16. The number of furan rings is 1. The lowest BCUT2D eigenvalue weighted by atomic mass is 10.0. The third-order valence-corrected chi connectivity index (χ3v) is 3.26. The lowest BCUT2D eigenvalue weighted by molar-refractivity contribution is 0.0696. The van der Waals surface area contributed by atoms with Gasteiger partial charge in [0.2, 0.25) is 0 Å². The molecule has 1 N–H and O–H groups in total. The van der Waals surface area contributed by atoms with Crippen molar-refractivity contribution in [3.8, 4) is 17.1 Å². The van der Waals surface area contributed by atoms with Crippen molar-refractivity contribution >= 4 is 5.97 Å². The molecular weight excluding hydrogens is 280 g/mol. The quantitative estimate of drug-likeness (QED) is 0.765. The Morgan fingerprint density at radius 1 is 1.00 bits per heavy atom. The second kappa shape index (κ2) is 6.18. The molecule has 0 spiro atoms. The highest BCUT2D eigenvalue weighted by atomic mass is 16.6.